The highest BCUT2D eigenvalue weighted by Crippen LogP contribution is 2.32. The summed E-state index contributed by atoms with van der Waals surface area (Å²) < 4.78 is 16.2. The van der Waals surface area contributed by atoms with Crippen LogP contribution in [0.3, 0.4) is 0 Å². The SMILES string of the molecule is CCOC(=O)Cc1csc(SCC(=O)NCc2ccc3c(c2)OCO3)n1. The zero-order chi connectivity index (χ0) is 18.4. The highest BCUT2D eigenvalue weighted by molar-refractivity contribution is 8.01. The number of hydrogen-bond acceptors (Lipinski definition) is 8. The number of esters is 1. The first kappa shape index (κ1) is 18.5. The summed E-state index contributed by atoms with van der Waals surface area (Å²) in [5.74, 6) is 1.29. The summed E-state index contributed by atoms with van der Waals surface area (Å²) in [6.07, 6.45) is 0.154. The van der Waals surface area contributed by atoms with Crippen LogP contribution in [0.25, 0.3) is 0 Å². The van der Waals surface area contributed by atoms with Gasteiger partial charge in [0.15, 0.2) is 15.8 Å². The zero-order valence-corrected chi connectivity index (χ0v) is 15.8. The van der Waals surface area contributed by atoms with Gasteiger partial charge in [0.25, 0.3) is 0 Å². The van der Waals surface area contributed by atoms with Crippen molar-refractivity contribution in [1.82, 2.24) is 10.3 Å². The van der Waals surface area contributed by atoms with E-state index >= 15 is 0 Å². The van der Waals surface area contributed by atoms with E-state index in [0.29, 0.717) is 24.6 Å². The topological polar surface area (TPSA) is 86.8 Å². The Morgan fingerprint density at radius 1 is 1.35 bits per heavy atom. The Balaban J connectivity index is 1.41. The van der Waals surface area contributed by atoms with Crippen molar-refractivity contribution in [3.63, 3.8) is 0 Å². The lowest BCUT2D eigenvalue weighted by Crippen LogP contribution is -2.24. The average molecular weight is 394 g/mol. The predicted molar refractivity (Wildman–Crippen MR) is 97.6 cm³/mol. The highest BCUT2D eigenvalue weighted by Gasteiger charge is 2.14. The van der Waals surface area contributed by atoms with Gasteiger partial charge < -0.3 is 19.5 Å². The predicted octanol–water partition coefficient (Wildman–Crippen LogP) is 2.39. The average Bonchev–Trinajstić information content (AvgIpc) is 3.27. The van der Waals surface area contributed by atoms with Gasteiger partial charge in [-0.2, -0.15) is 0 Å². The van der Waals surface area contributed by atoms with E-state index in [1.807, 2.05) is 23.6 Å². The van der Waals surface area contributed by atoms with Gasteiger partial charge in [0.05, 0.1) is 24.5 Å². The maximum atomic E-state index is 12.0. The van der Waals surface area contributed by atoms with Gasteiger partial charge in [-0.15, -0.1) is 11.3 Å². The lowest BCUT2D eigenvalue weighted by molar-refractivity contribution is -0.142. The Bertz CT molecular complexity index is 793. The number of aromatic nitrogens is 1. The number of carbonyl (C=O) groups excluding carboxylic acids is 2. The number of rotatable bonds is 8. The third-order valence-electron chi connectivity index (χ3n) is 3.41. The summed E-state index contributed by atoms with van der Waals surface area (Å²) in [7, 11) is 0. The van der Waals surface area contributed by atoms with Gasteiger partial charge in [-0.1, -0.05) is 17.8 Å². The number of nitrogens with one attached hydrogen (secondary N) is 1. The van der Waals surface area contributed by atoms with Crippen LogP contribution in [-0.4, -0.2) is 36.0 Å². The molecule has 0 unspecified atom stereocenters. The van der Waals surface area contributed by atoms with Crippen LogP contribution in [-0.2, 0) is 27.3 Å². The van der Waals surface area contributed by atoms with Crippen molar-refractivity contribution in [1.29, 1.82) is 0 Å². The lowest BCUT2D eigenvalue weighted by Gasteiger charge is -2.05. The fraction of sp³-hybridized carbons (Fsp3) is 0.353. The third-order valence-corrected chi connectivity index (χ3v) is 5.48. The van der Waals surface area contributed by atoms with Gasteiger partial charge in [-0.25, -0.2) is 4.98 Å². The fourth-order valence-electron chi connectivity index (χ4n) is 2.23. The second-order valence-electron chi connectivity index (χ2n) is 5.34. The Hall–Kier alpha value is -2.26. The van der Waals surface area contributed by atoms with Crippen molar-refractivity contribution in [2.75, 3.05) is 19.2 Å². The first-order chi connectivity index (χ1) is 12.6. The first-order valence-electron chi connectivity index (χ1n) is 8.02. The second-order valence-corrected chi connectivity index (χ2v) is 7.42. The number of thiazole rings is 1. The Kier molecular flexibility index (Phi) is 6.35. The van der Waals surface area contributed by atoms with Crippen LogP contribution in [0.5, 0.6) is 11.5 Å². The molecule has 0 saturated carbocycles. The Labute approximate surface area is 159 Å². The van der Waals surface area contributed by atoms with E-state index in [1.165, 1.54) is 23.1 Å². The molecule has 9 heteroatoms. The van der Waals surface area contributed by atoms with Crippen LogP contribution in [0.4, 0.5) is 0 Å². The van der Waals surface area contributed by atoms with Crippen LogP contribution in [0.15, 0.2) is 27.9 Å². The van der Waals surface area contributed by atoms with Crippen molar-refractivity contribution in [3.8, 4) is 11.5 Å². The van der Waals surface area contributed by atoms with Crippen LogP contribution in [0.1, 0.15) is 18.2 Å². The minimum Gasteiger partial charge on any atom is -0.466 e. The quantitative estimate of drug-likeness (QED) is 0.543. The van der Waals surface area contributed by atoms with Gasteiger partial charge in [-0.05, 0) is 24.6 Å². The van der Waals surface area contributed by atoms with Crippen molar-refractivity contribution in [2.24, 2.45) is 0 Å². The normalized spacial score (nSPS) is 12.0. The Morgan fingerprint density at radius 3 is 3.04 bits per heavy atom. The second kappa shape index (κ2) is 8.91. The van der Waals surface area contributed by atoms with Crippen molar-refractivity contribution in [2.45, 2.75) is 24.2 Å². The largest absolute Gasteiger partial charge is 0.466 e. The van der Waals surface area contributed by atoms with E-state index in [0.717, 1.165) is 15.7 Å². The van der Waals surface area contributed by atoms with Gasteiger partial charge in [-0.3, -0.25) is 9.59 Å². The number of carbonyl (C=O) groups is 2. The molecule has 138 valence electrons. The number of nitrogens with zero attached hydrogens (tertiary/aromatic N) is 1. The molecule has 1 aliphatic rings. The van der Waals surface area contributed by atoms with Crippen LogP contribution in [0, 0.1) is 0 Å². The highest BCUT2D eigenvalue weighted by atomic mass is 32.2. The van der Waals surface area contributed by atoms with E-state index in [-0.39, 0.29) is 30.8 Å². The number of hydrogen-bond donors (Lipinski definition) is 1. The summed E-state index contributed by atoms with van der Waals surface area (Å²) >= 11 is 2.76. The van der Waals surface area contributed by atoms with Gasteiger partial charge >= 0.3 is 5.97 Å². The smallest absolute Gasteiger partial charge is 0.311 e. The maximum Gasteiger partial charge on any atom is 0.311 e. The minimum atomic E-state index is -0.296. The number of amides is 1. The summed E-state index contributed by atoms with van der Waals surface area (Å²) in [4.78, 5) is 27.8. The van der Waals surface area contributed by atoms with E-state index in [1.54, 1.807) is 6.92 Å². The molecular weight excluding hydrogens is 376 g/mol. The molecule has 1 amide bonds. The number of thioether (sulfide) groups is 1. The molecule has 7 nitrogen and oxygen atoms in total. The summed E-state index contributed by atoms with van der Waals surface area (Å²) in [6, 6.07) is 5.58. The molecule has 0 atom stereocenters. The zero-order valence-electron chi connectivity index (χ0n) is 14.1. The molecule has 2 aromatic rings. The standard InChI is InChI=1S/C17H18N2O5S2/c1-2-22-16(21)6-12-8-25-17(19-12)26-9-15(20)18-7-11-3-4-13-14(5-11)24-10-23-13/h3-5,8H,2,6-7,9-10H2,1H3,(H,18,20). The van der Waals surface area contributed by atoms with E-state index in [9.17, 15) is 9.59 Å². The molecule has 0 aliphatic carbocycles. The molecule has 1 aromatic heterocycles. The van der Waals surface area contributed by atoms with Crippen molar-refractivity contribution in [3.05, 3.63) is 34.8 Å². The molecule has 1 aliphatic heterocycles. The van der Waals surface area contributed by atoms with Crippen LogP contribution >= 0.6 is 23.1 Å². The van der Waals surface area contributed by atoms with E-state index in [2.05, 4.69) is 10.3 Å². The third kappa shape index (κ3) is 5.12. The monoisotopic (exact) mass is 394 g/mol. The maximum absolute atomic E-state index is 12.0. The molecule has 3 rings (SSSR count). The molecule has 26 heavy (non-hydrogen) atoms. The number of benzene rings is 1. The number of fused-ring (bicyclic) bond motifs is 1. The molecule has 0 spiro atoms. The molecule has 0 radical (unpaired) electrons. The summed E-state index contributed by atoms with van der Waals surface area (Å²) in [6.45, 7) is 2.77. The molecular formula is C17H18N2O5S2. The number of ether oxygens (including phenoxy) is 3. The van der Waals surface area contributed by atoms with Gasteiger partial charge in [0, 0.05) is 11.9 Å². The summed E-state index contributed by atoms with van der Waals surface area (Å²) in [5.41, 5.74) is 1.61. The molecule has 0 saturated heterocycles. The molecule has 0 bridgehead atoms. The fourth-order valence-corrected chi connectivity index (χ4v) is 3.90. The van der Waals surface area contributed by atoms with Crippen LogP contribution < -0.4 is 14.8 Å². The van der Waals surface area contributed by atoms with Gasteiger partial charge in [0.2, 0.25) is 12.7 Å². The summed E-state index contributed by atoms with van der Waals surface area (Å²) in [5, 5.41) is 4.67. The molecule has 2 heterocycles. The van der Waals surface area contributed by atoms with Crippen molar-refractivity contribution >= 4 is 35.0 Å². The van der Waals surface area contributed by atoms with E-state index in [4.69, 9.17) is 14.2 Å². The molecule has 0 fully saturated rings. The minimum absolute atomic E-state index is 0.0881. The Morgan fingerprint density at radius 2 is 2.19 bits per heavy atom. The van der Waals surface area contributed by atoms with Crippen molar-refractivity contribution < 1.29 is 23.8 Å². The first-order valence-corrected chi connectivity index (χ1v) is 9.88. The van der Waals surface area contributed by atoms with Gasteiger partial charge in [0.1, 0.15) is 0 Å². The molecule has 1 aromatic carbocycles. The molecule has 1 N–H and O–H groups in total. The lowest BCUT2D eigenvalue weighted by atomic mass is 10.2. The van der Waals surface area contributed by atoms with E-state index < -0.39 is 0 Å². The van der Waals surface area contributed by atoms with Crippen LogP contribution in [0.2, 0.25) is 0 Å².